The summed E-state index contributed by atoms with van der Waals surface area (Å²) in [5, 5.41) is 47.6. The summed E-state index contributed by atoms with van der Waals surface area (Å²) in [7, 11) is 0. The maximum Gasteiger partial charge on any atom is 0.415 e. The molecule has 1 amide bonds. The predicted octanol–water partition coefficient (Wildman–Crippen LogP) is 9.53. The molecule has 7 rings (SSSR count). The van der Waals surface area contributed by atoms with Gasteiger partial charge >= 0.3 is 6.09 Å². The fraction of sp³-hybridized carbons (Fsp3) is 0.431. The van der Waals surface area contributed by atoms with Gasteiger partial charge in [0, 0.05) is 67.6 Å². The molecule has 0 spiro atoms. The summed E-state index contributed by atoms with van der Waals surface area (Å²) in [6, 6.07) is 21.9. The standard InChI is InChI=1S/C51H59N5O12/c1-4-25-54(50(59)67-40-21-19-39(20-22-40)56(62)63)47-31-45(53-66-32-35-15-17-38(18-16-35)55(60)61)43-29-36(12-6-8-26-57)42(14-7-9-27-58)48-44-30-41(64-33-37-13-10-11-34(3)52-37)23-24-46(44)68-51(47,49(43)48)65-28-5-2/h5,10-11,13,15-24,29-30,36,42,47-49,57-58H,2,4,6-9,12,14,25-28,31-33H2,1,3H3. The van der Waals surface area contributed by atoms with Crippen molar-refractivity contribution in [2.24, 2.45) is 22.9 Å². The van der Waals surface area contributed by atoms with Gasteiger partial charge in [-0.05, 0) is 117 Å². The molecule has 1 saturated carbocycles. The molecule has 6 atom stereocenters. The normalized spacial score (nSPS) is 21.9. The summed E-state index contributed by atoms with van der Waals surface area (Å²) < 4.78 is 26.8. The molecule has 17 nitrogen and oxygen atoms in total. The molecule has 1 aliphatic heterocycles. The van der Waals surface area contributed by atoms with Crippen LogP contribution in [0.2, 0.25) is 0 Å². The number of nitrogens with zero attached hydrogens (tertiary/aromatic N) is 5. The number of carbonyl (C=O) groups is 1. The maximum absolute atomic E-state index is 14.7. The van der Waals surface area contributed by atoms with E-state index in [1.807, 2.05) is 50.2 Å². The van der Waals surface area contributed by atoms with Gasteiger partial charge in [0.05, 0.1) is 33.8 Å². The average Bonchev–Trinajstić information content (AvgIpc) is 3.33. The second-order valence-electron chi connectivity index (χ2n) is 17.3. The Hall–Kier alpha value is -6.69. The highest BCUT2D eigenvalue weighted by atomic mass is 16.7. The van der Waals surface area contributed by atoms with Gasteiger partial charge in [0.2, 0.25) is 5.79 Å². The molecule has 1 aromatic heterocycles. The molecule has 3 aliphatic rings. The highest BCUT2D eigenvalue weighted by Gasteiger charge is 2.65. The minimum absolute atomic E-state index is 0.00789. The molecule has 3 aromatic carbocycles. The minimum atomic E-state index is -1.57. The zero-order valence-corrected chi connectivity index (χ0v) is 38.4. The number of non-ortho nitro benzene ring substituents is 2. The van der Waals surface area contributed by atoms with E-state index in [2.05, 4.69) is 17.6 Å². The second-order valence-corrected chi connectivity index (χ2v) is 17.3. The van der Waals surface area contributed by atoms with Crippen LogP contribution in [0, 0.1) is 44.9 Å². The number of aryl methyl sites for hydroxylation is 1. The minimum Gasteiger partial charge on any atom is -0.487 e. The first kappa shape index (κ1) is 49.2. The first-order chi connectivity index (χ1) is 33.0. The number of nitro groups is 2. The van der Waals surface area contributed by atoms with Gasteiger partial charge in [0.1, 0.15) is 36.5 Å². The third-order valence-corrected chi connectivity index (χ3v) is 12.9. The van der Waals surface area contributed by atoms with Gasteiger partial charge in [-0.15, -0.1) is 6.58 Å². The van der Waals surface area contributed by atoms with Crippen LogP contribution in [-0.2, 0) is 22.8 Å². The number of ether oxygens (including phenoxy) is 4. The molecule has 0 saturated heterocycles. The summed E-state index contributed by atoms with van der Waals surface area (Å²) in [6.07, 6.45) is 7.86. The topological polar surface area (TPSA) is 218 Å². The highest BCUT2D eigenvalue weighted by molar-refractivity contribution is 6.03. The van der Waals surface area contributed by atoms with E-state index >= 15 is 0 Å². The van der Waals surface area contributed by atoms with Crippen molar-refractivity contribution < 1.29 is 48.6 Å². The lowest BCUT2D eigenvalue weighted by atomic mass is 9.55. The molecule has 0 bridgehead atoms. The van der Waals surface area contributed by atoms with Crippen molar-refractivity contribution in [2.75, 3.05) is 26.4 Å². The first-order valence-electron chi connectivity index (χ1n) is 23.2. The number of aromatic nitrogens is 1. The number of aliphatic hydroxyl groups is 2. The molecule has 360 valence electrons. The van der Waals surface area contributed by atoms with Crippen LogP contribution >= 0.6 is 0 Å². The number of aliphatic hydroxyl groups excluding tert-OH is 2. The van der Waals surface area contributed by atoms with Crippen molar-refractivity contribution in [1.29, 1.82) is 0 Å². The number of nitro benzene ring substituents is 2. The number of pyridine rings is 1. The van der Waals surface area contributed by atoms with E-state index < -0.39 is 33.7 Å². The van der Waals surface area contributed by atoms with E-state index in [-0.39, 0.29) is 80.9 Å². The number of oxime groups is 1. The van der Waals surface area contributed by atoms with Crippen LogP contribution in [0.25, 0.3) is 0 Å². The van der Waals surface area contributed by atoms with Crippen LogP contribution < -0.4 is 14.2 Å². The summed E-state index contributed by atoms with van der Waals surface area (Å²) in [6.45, 7) is 8.39. The molecule has 6 unspecified atom stereocenters. The Morgan fingerprint density at radius 2 is 1.63 bits per heavy atom. The number of hydrogen-bond donors (Lipinski definition) is 2. The number of unbranched alkanes of at least 4 members (excludes halogenated alkanes) is 2. The van der Waals surface area contributed by atoms with Crippen molar-refractivity contribution in [3.8, 4) is 17.2 Å². The molecule has 1 fully saturated rings. The molecule has 2 aliphatic carbocycles. The van der Waals surface area contributed by atoms with E-state index in [9.17, 15) is 35.2 Å². The molecular formula is C51H59N5O12. The predicted molar refractivity (Wildman–Crippen MR) is 252 cm³/mol. The largest absolute Gasteiger partial charge is 0.487 e. The summed E-state index contributed by atoms with van der Waals surface area (Å²) in [5.41, 5.74) is 4.30. The SMILES string of the molecule is C=CCOC12Oc3ccc(OCc4cccc(C)n4)cc3C3C(CCCCO)C(CCCCO)C=C(C(=NOCc4ccc([N+](=O)[O-])cc4)CC1N(CCC)C(=O)Oc1ccc([N+](=O)[O-])cc1)C32. The fourth-order valence-electron chi connectivity index (χ4n) is 9.88. The zero-order chi connectivity index (χ0) is 48.2. The van der Waals surface area contributed by atoms with Crippen LogP contribution in [0.4, 0.5) is 16.2 Å². The van der Waals surface area contributed by atoms with Crippen molar-refractivity contribution in [2.45, 2.75) is 96.2 Å². The Morgan fingerprint density at radius 3 is 2.29 bits per heavy atom. The number of amides is 1. The Bertz CT molecular complexity index is 2460. The number of rotatable bonds is 23. The van der Waals surface area contributed by atoms with E-state index in [1.54, 1.807) is 23.1 Å². The van der Waals surface area contributed by atoms with Gasteiger partial charge in [0.25, 0.3) is 11.4 Å². The summed E-state index contributed by atoms with van der Waals surface area (Å²) in [5.74, 6) is -1.36. The van der Waals surface area contributed by atoms with E-state index in [4.69, 9.17) is 28.9 Å². The summed E-state index contributed by atoms with van der Waals surface area (Å²) in [4.78, 5) is 48.9. The van der Waals surface area contributed by atoms with E-state index in [1.165, 1.54) is 36.4 Å². The van der Waals surface area contributed by atoms with Gasteiger partial charge in [-0.2, -0.15) is 0 Å². The molecule has 0 radical (unpaired) electrons. The Labute approximate surface area is 395 Å². The Morgan fingerprint density at radius 1 is 0.941 bits per heavy atom. The lowest BCUT2D eigenvalue weighted by Crippen LogP contribution is -2.70. The van der Waals surface area contributed by atoms with E-state index in [0.717, 1.165) is 48.2 Å². The number of allylic oxidation sites excluding steroid dienone is 1. The smallest absolute Gasteiger partial charge is 0.415 e. The monoisotopic (exact) mass is 933 g/mol. The third kappa shape index (κ3) is 11.2. The quantitative estimate of drug-likeness (QED) is 0.0307. The van der Waals surface area contributed by atoms with Gasteiger partial charge in [0.15, 0.2) is 0 Å². The van der Waals surface area contributed by atoms with Gasteiger partial charge in [-0.3, -0.25) is 30.1 Å². The van der Waals surface area contributed by atoms with Crippen LogP contribution in [0.15, 0.2) is 114 Å². The number of benzene rings is 3. The fourth-order valence-corrected chi connectivity index (χ4v) is 9.88. The maximum atomic E-state index is 14.7. The van der Waals surface area contributed by atoms with Crippen molar-refractivity contribution in [3.63, 3.8) is 0 Å². The van der Waals surface area contributed by atoms with Gasteiger partial charge in [-0.25, -0.2) is 4.79 Å². The van der Waals surface area contributed by atoms with Crippen molar-refractivity contribution in [3.05, 3.63) is 152 Å². The Kier molecular flexibility index (Phi) is 16.6. The van der Waals surface area contributed by atoms with Crippen molar-refractivity contribution >= 4 is 23.2 Å². The number of hydrogen-bond acceptors (Lipinski definition) is 14. The Balaban J connectivity index is 1.40. The van der Waals surface area contributed by atoms with E-state index in [0.29, 0.717) is 42.0 Å². The molecule has 17 heteroatoms. The lowest BCUT2D eigenvalue weighted by molar-refractivity contribution is -0.385. The first-order valence-corrected chi connectivity index (χ1v) is 23.2. The summed E-state index contributed by atoms with van der Waals surface area (Å²) >= 11 is 0. The van der Waals surface area contributed by atoms with Crippen LogP contribution in [0.1, 0.15) is 86.7 Å². The molecule has 2 heterocycles. The average molecular weight is 934 g/mol. The second kappa shape index (κ2) is 22.9. The highest BCUT2D eigenvalue weighted by Crippen LogP contribution is 2.62. The van der Waals surface area contributed by atoms with Crippen LogP contribution in [0.5, 0.6) is 17.2 Å². The van der Waals surface area contributed by atoms with Crippen LogP contribution in [0.3, 0.4) is 0 Å². The zero-order valence-electron chi connectivity index (χ0n) is 38.4. The molecule has 4 aromatic rings. The van der Waals surface area contributed by atoms with Crippen LogP contribution in [-0.4, -0.2) is 79.9 Å². The molecule has 2 N–H and O–H groups in total. The van der Waals surface area contributed by atoms with Gasteiger partial charge in [-0.1, -0.05) is 43.1 Å². The lowest BCUT2D eigenvalue weighted by Gasteiger charge is -2.59. The van der Waals surface area contributed by atoms with Gasteiger partial charge < -0.3 is 34.0 Å². The number of fused-ring (bicyclic) bond motifs is 2. The third-order valence-electron chi connectivity index (χ3n) is 12.9. The molecule has 68 heavy (non-hydrogen) atoms. The molecular weight excluding hydrogens is 875 g/mol. The number of carbonyl (C=O) groups excluding carboxylic acids is 1. The van der Waals surface area contributed by atoms with Crippen molar-refractivity contribution in [1.82, 2.24) is 9.88 Å².